The minimum atomic E-state index is -0.329. The zero-order chi connectivity index (χ0) is 20.3. The van der Waals surface area contributed by atoms with E-state index in [2.05, 4.69) is 23.1 Å². The van der Waals surface area contributed by atoms with Crippen molar-refractivity contribution in [2.75, 3.05) is 0 Å². The van der Waals surface area contributed by atoms with E-state index in [0.717, 1.165) is 12.8 Å². The average molecular weight is 374 g/mol. The van der Waals surface area contributed by atoms with E-state index in [4.69, 9.17) is 15.4 Å². The molecule has 1 aromatic heterocycles. The number of imidazole rings is 1. The van der Waals surface area contributed by atoms with Crippen molar-refractivity contribution in [3.63, 3.8) is 0 Å². The predicted molar refractivity (Wildman–Crippen MR) is 105 cm³/mol. The fourth-order valence-corrected chi connectivity index (χ4v) is 2.60. The Labute approximate surface area is 162 Å². The molecule has 1 rings (SSSR count). The molecule has 1 aromatic rings. The normalized spacial score (nSPS) is 10.6. The zero-order valence-corrected chi connectivity index (χ0v) is 16.5. The van der Waals surface area contributed by atoms with Gasteiger partial charge in [-0.1, -0.05) is 52.0 Å². The third-order valence-corrected chi connectivity index (χ3v) is 3.92. The van der Waals surface area contributed by atoms with Crippen LogP contribution in [0.2, 0.25) is 0 Å². The van der Waals surface area contributed by atoms with Crippen LogP contribution in [0, 0.1) is 11.5 Å². The number of unbranched alkanes of at least 4 members (excludes halogenated alkanes) is 6. The Morgan fingerprint density at radius 3 is 2.52 bits per heavy atom. The van der Waals surface area contributed by atoms with Crippen LogP contribution in [0.3, 0.4) is 0 Å². The van der Waals surface area contributed by atoms with Gasteiger partial charge >= 0.3 is 5.97 Å². The van der Waals surface area contributed by atoms with Crippen molar-refractivity contribution in [1.82, 2.24) is 4.57 Å². The van der Waals surface area contributed by atoms with Crippen LogP contribution in [0.5, 0.6) is 0 Å². The highest BCUT2D eigenvalue weighted by molar-refractivity contribution is 5.81. The molecule has 0 radical (unpaired) electrons. The third kappa shape index (κ3) is 14.2. The van der Waals surface area contributed by atoms with Crippen LogP contribution >= 0.6 is 0 Å². The Morgan fingerprint density at radius 1 is 1.37 bits per heavy atom. The predicted octanol–water partition coefficient (Wildman–Crippen LogP) is 3.76. The highest BCUT2D eigenvalue weighted by Gasteiger charge is 2.16. The monoisotopic (exact) mass is 373 g/mol. The lowest BCUT2D eigenvalue weighted by Gasteiger charge is -2.15. The van der Waals surface area contributed by atoms with Gasteiger partial charge in [0.05, 0.1) is 13.2 Å². The van der Waals surface area contributed by atoms with E-state index >= 15 is 0 Å². The van der Waals surface area contributed by atoms with Crippen LogP contribution in [0.1, 0.15) is 58.3 Å². The lowest BCUT2D eigenvalue weighted by Crippen LogP contribution is -2.26. The van der Waals surface area contributed by atoms with Crippen LogP contribution in [0.15, 0.2) is 36.4 Å². The molecule has 0 fully saturated rings. The number of hydrogen-bond donors (Lipinski definition) is 0. The maximum absolute atomic E-state index is 11.5. The second-order valence-corrected chi connectivity index (χ2v) is 6.26. The molecule has 1 unspecified atom stereocenters. The van der Waals surface area contributed by atoms with E-state index in [1.165, 1.54) is 56.8 Å². The van der Waals surface area contributed by atoms with Crippen molar-refractivity contribution in [2.24, 2.45) is 12.0 Å². The lowest BCUT2D eigenvalue weighted by atomic mass is 10.1. The smallest absolute Gasteiger partial charge is 0.330 e. The summed E-state index contributed by atoms with van der Waals surface area (Å²) in [6.45, 7) is 6.42. The van der Waals surface area contributed by atoms with Gasteiger partial charge in [-0.2, -0.15) is 5.26 Å². The van der Waals surface area contributed by atoms with Gasteiger partial charge in [-0.15, -0.1) is 6.01 Å². The first-order valence-electron chi connectivity index (χ1n) is 9.39. The molecule has 0 aliphatic rings. The molecule has 0 spiro atoms. The number of hydrogen-bond acceptors (Lipinski definition) is 4. The van der Waals surface area contributed by atoms with Gasteiger partial charge in [0, 0.05) is 6.08 Å². The number of aryl methyl sites for hydroxylation is 1. The number of carbonyl (C=O) groups is 1. The Hall–Kier alpha value is -2.71. The van der Waals surface area contributed by atoms with Gasteiger partial charge in [0.25, 0.3) is 0 Å². The summed E-state index contributed by atoms with van der Waals surface area (Å²) in [5.41, 5.74) is 0. The number of nitriles is 1. The molecule has 1 atom stereocenters. The van der Waals surface area contributed by atoms with Crippen LogP contribution in [0.4, 0.5) is 0 Å². The number of aliphatic imine (C=N–C) groups is 1. The number of esters is 1. The van der Waals surface area contributed by atoms with E-state index < -0.39 is 0 Å². The molecule has 0 aromatic carbocycles. The number of nitrogens with zero attached hydrogens (tertiary/aromatic N) is 5. The Morgan fingerprint density at radius 2 is 2.04 bits per heavy atom. The van der Waals surface area contributed by atoms with Crippen molar-refractivity contribution >= 4 is 12.0 Å². The second kappa shape index (κ2) is 16.7. The summed E-state index contributed by atoms with van der Waals surface area (Å²) in [5.74, 6) is -0.329. The molecule has 148 valence electrons. The number of carbonyl (C=O) groups excluding carboxylic acids is 1. The summed E-state index contributed by atoms with van der Waals surface area (Å²) in [7, 11) is 1.98. The first kappa shape index (κ1) is 24.3. The van der Waals surface area contributed by atoms with E-state index in [-0.39, 0.29) is 12.1 Å². The van der Waals surface area contributed by atoms with Crippen molar-refractivity contribution in [3.8, 4) is 6.19 Å². The van der Waals surface area contributed by atoms with E-state index in [1.807, 2.05) is 30.3 Å². The average Bonchev–Trinajstić information content (AvgIpc) is 3.06. The Kier molecular flexibility index (Phi) is 15.1. The summed E-state index contributed by atoms with van der Waals surface area (Å²) < 4.78 is 9.51. The van der Waals surface area contributed by atoms with Crippen molar-refractivity contribution in [1.29, 1.82) is 5.26 Å². The Balaban J connectivity index is 0.00000119. The van der Waals surface area contributed by atoms with Gasteiger partial charge in [-0.3, -0.25) is 0 Å². The fraction of sp³-hybridized carbons (Fsp3) is 0.600. The summed E-state index contributed by atoms with van der Waals surface area (Å²) in [6, 6.07) is 1.28. The highest BCUT2D eigenvalue weighted by Crippen LogP contribution is 2.13. The second-order valence-electron chi connectivity index (χ2n) is 6.26. The largest absolute Gasteiger partial charge is 0.455 e. The molecule has 0 aliphatic heterocycles. The first-order valence-corrected chi connectivity index (χ1v) is 9.39. The maximum atomic E-state index is 11.5. The van der Waals surface area contributed by atoms with Crippen LogP contribution < -0.4 is 4.57 Å². The quantitative estimate of drug-likeness (QED) is 0.139. The molecule has 0 N–H and O–H groups in total. The minimum absolute atomic E-state index is 0.0754. The molecule has 27 heavy (non-hydrogen) atoms. The number of rotatable bonds is 12. The fourth-order valence-electron chi connectivity index (χ4n) is 2.60. The number of aromatic nitrogens is 2. The topological polar surface area (TPSA) is 93.6 Å². The van der Waals surface area contributed by atoms with Crippen LogP contribution in [-0.4, -0.2) is 22.6 Å². The molecular formula is C20H31N5O2. The van der Waals surface area contributed by atoms with Crippen LogP contribution in [-0.2, 0) is 23.1 Å². The van der Waals surface area contributed by atoms with Crippen molar-refractivity contribution < 1.29 is 14.1 Å². The molecule has 0 amide bonds. The maximum Gasteiger partial charge on any atom is 0.330 e. The molecule has 1 heterocycles. The molecule has 7 nitrogen and oxygen atoms in total. The third-order valence-electron chi connectivity index (χ3n) is 3.92. The highest BCUT2D eigenvalue weighted by atomic mass is 16.5. The van der Waals surface area contributed by atoms with Gasteiger partial charge in [0.2, 0.25) is 6.33 Å². The molecule has 0 saturated heterocycles. The summed E-state index contributed by atoms with van der Waals surface area (Å²) >= 11 is 0. The molecule has 7 heteroatoms. The summed E-state index contributed by atoms with van der Waals surface area (Å²) in [4.78, 5) is 14.1. The van der Waals surface area contributed by atoms with Gasteiger partial charge < -0.3 is 15.1 Å². The van der Waals surface area contributed by atoms with E-state index in [0.29, 0.717) is 6.54 Å². The van der Waals surface area contributed by atoms with Gasteiger partial charge in [0.15, 0.2) is 0 Å². The number of ether oxygens (including phenoxy) is 1. The molecule has 0 saturated carbocycles. The first-order chi connectivity index (χ1) is 13.1. The van der Waals surface area contributed by atoms with E-state index in [9.17, 15) is 4.79 Å². The van der Waals surface area contributed by atoms with Gasteiger partial charge in [-0.25, -0.2) is 13.9 Å². The van der Waals surface area contributed by atoms with Gasteiger partial charge in [0.1, 0.15) is 25.0 Å². The minimum Gasteiger partial charge on any atom is -0.455 e. The summed E-state index contributed by atoms with van der Waals surface area (Å²) in [5, 5.41) is 14.9. The lowest BCUT2D eigenvalue weighted by molar-refractivity contribution is -0.671. The summed E-state index contributed by atoms with van der Waals surface area (Å²) in [6.07, 6.45) is 18.2. The van der Waals surface area contributed by atoms with Crippen molar-refractivity contribution in [2.45, 2.75) is 70.9 Å². The zero-order valence-electron chi connectivity index (χ0n) is 16.5. The van der Waals surface area contributed by atoms with E-state index in [1.54, 1.807) is 0 Å². The van der Waals surface area contributed by atoms with Gasteiger partial charge in [-0.05, 0) is 12.8 Å². The SMILES string of the molecule is C=CC(=O)OC(CCCCCCCCC)Cn1cc[n+](C)c1.N#CN=C=[N-]. The molecular weight excluding hydrogens is 342 g/mol. The van der Waals surface area contributed by atoms with Crippen LogP contribution in [0.25, 0.3) is 5.41 Å². The molecule has 0 bridgehead atoms. The standard InChI is InChI=1S/C18H31N2O2.C2N3/c1-4-6-7-8-9-10-11-12-17(22-18(21)5-2)15-20-14-13-19(3)16-20;3-1-5-2-4/h5,13-14,16-17H,2,4,6-12,15H2,1,3H3;/q+1;-1. The van der Waals surface area contributed by atoms with Crippen molar-refractivity contribution in [3.05, 3.63) is 36.8 Å². The molecule has 0 aliphatic carbocycles. The Bertz CT molecular complexity index is 627.